The number of phenolic OH excluding ortho intramolecular Hbond substituents is 1. The molecule has 0 aromatic heterocycles. The lowest BCUT2D eigenvalue weighted by atomic mass is 9.94. The Bertz CT molecular complexity index is 493. The van der Waals surface area contributed by atoms with Crippen molar-refractivity contribution in [3.63, 3.8) is 0 Å². The van der Waals surface area contributed by atoms with E-state index in [-0.39, 0.29) is 18.2 Å². The first-order valence-corrected chi connectivity index (χ1v) is 7.42. The van der Waals surface area contributed by atoms with Crippen LogP contribution in [-0.4, -0.2) is 35.4 Å². The number of benzene rings is 1. The number of nitrogens with one attached hydrogen (secondary N) is 1. The van der Waals surface area contributed by atoms with Crippen LogP contribution in [-0.2, 0) is 0 Å². The number of hydrogen-bond acceptors (Lipinski definition) is 4. The first-order chi connectivity index (χ1) is 10.0. The second kappa shape index (κ2) is 6.80. The Balaban J connectivity index is 1.96. The van der Waals surface area contributed by atoms with Crippen LogP contribution in [0, 0.1) is 0 Å². The van der Waals surface area contributed by atoms with E-state index in [9.17, 15) is 15.0 Å². The molecule has 5 heteroatoms. The van der Waals surface area contributed by atoms with E-state index in [1.807, 2.05) is 0 Å². The Labute approximate surface area is 124 Å². The number of aliphatic hydroxyl groups is 1. The SMILES string of the molecule is COc1ccc(C(=O)NCC2(O)CCCCCC2)cc1O. The average molecular weight is 293 g/mol. The number of carbonyl (C=O) groups excluding carboxylic acids is 1. The summed E-state index contributed by atoms with van der Waals surface area (Å²) in [4.78, 5) is 12.1. The molecule has 1 fully saturated rings. The van der Waals surface area contributed by atoms with E-state index in [0.29, 0.717) is 11.3 Å². The zero-order chi connectivity index (χ0) is 15.3. The molecular formula is C16H23NO4. The lowest BCUT2D eigenvalue weighted by Gasteiger charge is -2.26. The number of carbonyl (C=O) groups is 1. The molecule has 0 spiro atoms. The predicted molar refractivity (Wildman–Crippen MR) is 79.6 cm³/mol. The summed E-state index contributed by atoms with van der Waals surface area (Å²) in [6.07, 6.45) is 5.72. The molecule has 2 rings (SSSR count). The van der Waals surface area contributed by atoms with Crippen molar-refractivity contribution in [2.24, 2.45) is 0 Å². The molecule has 1 aromatic rings. The van der Waals surface area contributed by atoms with Gasteiger partial charge in [-0.25, -0.2) is 0 Å². The Hall–Kier alpha value is -1.75. The van der Waals surface area contributed by atoms with Gasteiger partial charge in [0.2, 0.25) is 0 Å². The highest BCUT2D eigenvalue weighted by atomic mass is 16.5. The van der Waals surface area contributed by atoms with Gasteiger partial charge in [0.25, 0.3) is 5.91 Å². The summed E-state index contributed by atoms with van der Waals surface area (Å²) in [5, 5.41) is 23.0. The van der Waals surface area contributed by atoms with Crippen LogP contribution in [0.2, 0.25) is 0 Å². The molecular weight excluding hydrogens is 270 g/mol. The minimum absolute atomic E-state index is 0.0710. The molecule has 3 N–H and O–H groups in total. The molecule has 1 aliphatic rings. The smallest absolute Gasteiger partial charge is 0.251 e. The zero-order valence-corrected chi connectivity index (χ0v) is 12.4. The topological polar surface area (TPSA) is 78.8 Å². The fourth-order valence-electron chi connectivity index (χ4n) is 2.74. The molecule has 0 saturated heterocycles. The lowest BCUT2D eigenvalue weighted by Crippen LogP contribution is -2.42. The van der Waals surface area contributed by atoms with Crippen molar-refractivity contribution >= 4 is 5.91 Å². The van der Waals surface area contributed by atoms with E-state index in [4.69, 9.17) is 4.74 Å². The largest absolute Gasteiger partial charge is 0.504 e. The van der Waals surface area contributed by atoms with Crippen molar-refractivity contribution in [3.8, 4) is 11.5 Å². The maximum absolute atomic E-state index is 12.1. The highest BCUT2D eigenvalue weighted by Gasteiger charge is 2.28. The first-order valence-electron chi connectivity index (χ1n) is 7.42. The molecule has 1 amide bonds. The molecule has 1 saturated carbocycles. The van der Waals surface area contributed by atoms with Crippen molar-refractivity contribution in [1.29, 1.82) is 0 Å². The third-order valence-electron chi connectivity index (χ3n) is 4.05. The van der Waals surface area contributed by atoms with Crippen LogP contribution in [0.4, 0.5) is 0 Å². The molecule has 0 atom stereocenters. The Morgan fingerprint density at radius 1 is 1.29 bits per heavy atom. The quantitative estimate of drug-likeness (QED) is 0.744. The Kier molecular flexibility index (Phi) is 5.07. The Morgan fingerprint density at radius 3 is 2.52 bits per heavy atom. The van der Waals surface area contributed by atoms with Gasteiger partial charge in [0.15, 0.2) is 11.5 Å². The van der Waals surface area contributed by atoms with Gasteiger partial charge in [0, 0.05) is 12.1 Å². The molecule has 0 aliphatic heterocycles. The van der Waals surface area contributed by atoms with Gasteiger partial charge < -0.3 is 20.3 Å². The fraction of sp³-hybridized carbons (Fsp3) is 0.562. The molecule has 0 heterocycles. The summed E-state index contributed by atoms with van der Waals surface area (Å²) in [7, 11) is 1.45. The standard InChI is InChI=1S/C16H23NO4/c1-21-14-7-6-12(10-13(14)18)15(19)17-11-16(20)8-4-2-3-5-9-16/h6-7,10,18,20H,2-5,8-9,11H2,1H3,(H,17,19). The number of amides is 1. The number of methoxy groups -OCH3 is 1. The molecule has 1 aromatic carbocycles. The summed E-state index contributed by atoms with van der Waals surface area (Å²) in [6.45, 7) is 0.249. The summed E-state index contributed by atoms with van der Waals surface area (Å²) < 4.78 is 4.94. The molecule has 21 heavy (non-hydrogen) atoms. The number of phenols is 1. The fourth-order valence-corrected chi connectivity index (χ4v) is 2.74. The summed E-state index contributed by atoms with van der Waals surface area (Å²) in [5.41, 5.74) is -0.453. The van der Waals surface area contributed by atoms with Crippen LogP contribution in [0.1, 0.15) is 48.9 Å². The van der Waals surface area contributed by atoms with Crippen LogP contribution >= 0.6 is 0 Å². The maximum Gasteiger partial charge on any atom is 0.251 e. The van der Waals surface area contributed by atoms with Gasteiger partial charge in [0.05, 0.1) is 12.7 Å². The van der Waals surface area contributed by atoms with Gasteiger partial charge in [-0.3, -0.25) is 4.79 Å². The van der Waals surface area contributed by atoms with Crippen LogP contribution < -0.4 is 10.1 Å². The van der Waals surface area contributed by atoms with E-state index in [1.165, 1.54) is 13.2 Å². The van der Waals surface area contributed by atoms with Gasteiger partial charge in [-0.2, -0.15) is 0 Å². The van der Waals surface area contributed by atoms with Crippen LogP contribution in [0.3, 0.4) is 0 Å². The van der Waals surface area contributed by atoms with Crippen molar-refractivity contribution < 1.29 is 19.7 Å². The maximum atomic E-state index is 12.1. The molecule has 1 aliphatic carbocycles. The van der Waals surface area contributed by atoms with E-state index in [1.54, 1.807) is 12.1 Å². The molecule has 0 radical (unpaired) electrons. The van der Waals surface area contributed by atoms with Crippen molar-refractivity contribution in [2.45, 2.75) is 44.1 Å². The first kappa shape index (κ1) is 15.6. The van der Waals surface area contributed by atoms with Crippen molar-refractivity contribution in [3.05, 3.63) is 23.8 Å². The second-order valence-electron chi connectivity index (χ2n) is 5.71. The molecule has 0 unspecified atom stereocenters. The minimum atomic E-state index is -0.805. The number of aromatic hydroxyl groups is 1. The highest BCUT2D eigenvalue weighted by Crippen LogP contribution is 2.27. The second-order valence-corrected chi connectivity index (χ2v) is 5.71. The third-order valence-corrected chi connectivity index (χ3v) is 4.05. The molecule has 0 bridgehead atoms. The van der Waals surface area contributed by atoms with Crippen LogP contribution in [0.5, 0.6) is 11.5 Å². The van der Waals surface area contributed by atoms with Crippen LogP contribution in [0.15, 0.2) is 18.2 Å². The van der Waals surface area contributed by atoms with Gasteiger partial charge in [-0.05, 0) is 31.0 Å². The van der Waals surface area contributed by atoms with Gasteiger partial charge in [0.1, 0.15) is 0 Å². The van der Waals surface area contributed by atoms with E-state index in [0.717, 1.165) is 38.5 Å². The predicted octanol–water partition coefficient (Wildman–Crippen LogP) is 2.22. The third kappa shape index (κ3) is 4.11. The summed E-state index contributed by atoms with van der Waals surface area (Å²) in [6, 6.07) is 4.50. The number of rotatable bonds is 4. The minimum Gasteiger partial charge on any atom is -0.504 e. The number of hydrogen-bond donors (Lipinski definition) is 3. The van der Waals surface area contributed by atoms with E-state index < -0.39 is 5.60 Å². The summed E-state index contributed by atoms with van der Waals surface area (Å²) >= 11 is 0. The molecule has 5 nitrogen and oxygen atoms in total. The monoisotopic (exact) mass is 293 g/mol. The van der Waals surface area contributed by atoms with Crippen molar-refractivity contribution in [2.75, 3.05) is 13.7 Å². The Morgan fingerprint density at radius 2 is 1.95 bits per heavy atom. The zero-order valence-electron chi connectivity index (χ0n) is 12.4. The normalized spacial score (nSPS) is 17.8. The van der Waals surface area contributed by atoms with Crippen LogP contribution in [0.25, 0.3) is 0 Å². The molecule has 116 valence electrons. The lowest BCUT2D eigenvalue weighted by molar-refractivity contribution is 0.0246. The summed E-state index contributed by atoms with van der Waals surface area (Å²) in [5.74, 6) is -0.0436. The van der Waals surface area contributed by atoms with E-state index in [2.05, 4.69) is 5.32 Å². The van der Waals surface area contributed by atoms with E-state index >= 15 is 0 Å². The van der Waals surface area contributed by atoms with Gasteiger partial charge in [-0.15, -0.1) is 0 Å². The van der Waals surface area contributed by atoms with Gasteiger partial charge in [-0.1, -0.05) is 25.7 Å². The number of ether oxygens (including phenoxy) is 1. The van der Waals surface area contributed by atoms with Crippen molar-refractivity contribution in [1.82, 2.24) is 5.32 Å². The highest BCUT2D eigenvalue weighted by molar-refractivity contribution is 5.94. The van der Waals surface area contributed by atoms with Gasteiger partial charge >= 0.3 is 0 Å². The average Bonchev–Trinajstić information content (AvgIpc) is 2.70.